The van der Waals surface area contributed by atoms with Crippen molar-refractivity contribution >= 4 is 0 Å². The molecule has 0 heteroatoms. The third kappa shape index (κ3) is 1.18. The van der Waals surface area contributed by atoms with Crippen LogP contribution in [0, 0.1) is 23.2 Å². The lowest BCUT2D eigenvalue weighted by atomic mass is 9.49. The summed E-state index contributed by atoms with van der Waals surface area (Å²) in [6.45, 7) is 8.86. The zero-order valence-electron chi connectivity index (χ0n) is 9.05. The molecule has 0 aromatic rings. The van der Waals surface area contributed by atoms with Gasteiger partial charge in [-0.1, -0.05) is 19.9 Å². The molecule has 2 aliphatic rings. The molecular weight excluding hydrogens is 156 g/mol. The molecule has 2 rings (SSSR count). The molecule has 2 aliphatic carbocycles. The van der Waals surface area contributed by atoms with Crippen LogP contribution in [0.4, 0.5) is 0 Å². The minimum atomic E-state index is 0.523. The quantitative estimate of drug-likeness (QED) is 0.560. The van der Waals surface area contributed by atoms with Gasteiger partial charge in [0.1, 0.15) is 0 Å². The highest BCUT2D eigenvalue weighted by molar-refractivity contribution is 5.07. The minimum Gasteiger partial charge on any atom is -0.103 e. The predicted octanol–water partition coefficient (Wildman–Crippen LogP) is 4.02. The average Bonchev–Trinajstić information content (AvgIpc) is 2.08. The van der Waals surface area contributed by atoms with Crippen molar-refractivity contribution in [1.82, 2.24) is 0 Å². The van der Waals surface area contributed by atoms with Gasteiger partial charge in [0.05, 0.1) is 0 Å². The van der Waals surface area contributed by atoms with E-state index in [0.717, 1.165) is 17.8 Å². The summed E-state index contributed by atoms with van der Waals surface area (Å²) in [6, 6.07) is 0. The van der Waals surface area contributed by atoms with Crippen molar-refractivity contribution < 1.29 is 0 Å². The van der Waals surface area contributed by atoms with Crippen LogP contribution >= 0.6 is 0 Å². The normalized spacial score (nSPS) is 49.2. The first kappa shape index (κ1) is 9.30. The molecule has 0 nitrogen and oxygen atoms in total. The molecule has 2 fully saturated rings. The lowest BCUT2D eigenvalue weighted by Crippen LogP contribution is -2.47. The van der Waals surface area contributed by atoms with E-state index in [-0.39, 0.29) is 0 Å². The molecule has 0 radical (unpaired) electrons. The SMILES string of the molecule is C=C[C@]1(CC)CCC(C)[C@@H]2CC[C@H]21. The predicted molar refractivity (Wildman–Crippen MR) is 57.5 cm³/mol. The minimum absolute atomic E-state index is 0.523. The van der Waals surface area contributed by atoms with Gasteiger partial charge in [-0.25, -0.2) is 0 Å². The third-order valence-corrected chi connectivity index (χ3v) is 4.93. The van der Waals surface area contributed by atoms with Crippen molar-refractivity contribution in [1.29, 1.82) is 0 Å². The Morgan fingerprint density at radius 1 is 1.38 bits per heavy atom. The van der Waals surface area contributed by atoms with E-state index in [9.17, 15) is 0 Å². The summed E-state index contributed by atoms with van der Waals surface area (Å²) in [5, 5.41) is 0. The van der Waals surface area contributed by atoms with Gasteiger partial charge in [0.25, 0.3) is 0 Å². The first-order valence-electron chi connectivity index (χ1n) is 5.87. The Bertz CT molecular complexity index is 206. The summed E-state index contributed by atoms with van der Waals surface area (Å²) in [5.41, 5.74) is 0.523. The lowest BCUT2D eigenvalue weighted by Gasteiger charge is -2.55. The summed E-state index contributed by atoms with van der Waals surface area (Å²) >= 11 is 0. The second-order valence-corrected chi connectivity index (χ2v) is 5.15. The van der Waals surface area contributed by atoms with Crippen LogP contribution in [0.25, 0.3) is 0 Å². The standard InChI is InChI=1S/C13H22/c1-4-13(5-2)9-8-10(3)11-6-7-12(11)13/h4,10-12H,1,5-9H2,2-3H3/t10?,11-,12+,13-/m0/s1. The molecule has 1 unspecified atom stereocenters. The van der Waals surface area contributed by atoms with Gasteiger partial charge >= 0.3 is 0 Å². The van der Waals surface area contributed by atoms with Gasteiger partial charge in [0.2, 0.25) is 0 Å². The Labute approximate surface area is 82.4 Å². The number of rotatable bonds is 2. The highest BCUT2D eigenvalue weighted by Crippen LogP contribution is 2.58. The van der Waals surface area contributed by atoms with Gasteiger partial charge in [-0.3, -0.25) is 0 Å². The van der Waals surface area contributed by atoms with Gasteiger partial charge < -0.3 is 0 Å². The Morgan fingerprint density at radius 3 is 2.62 bits per heavy atom. The van der Waals surface area contributed by atoms with Gasteiger partial charge in [0.15, 0.2) is 0 Å². The van der Waals surface area contributed by atoms with Crippen LogP contribution in [-0.4, -0.2) is 0 Å². The molecular formula is C13H22. The van der Waals surface area contributed by atoms with Crippen molar-refractivity contribution in [3.63, 3.8) is 0 Å². The number of allylic oxidation sites excluding steroid dienone is 1. The van der Waals surface area contributed by atoms with E-state index < -0.39 is 0 Å². The zero-order chi connectivity index (χ0) is 9.47. The van der Waals surface area contributed by atoms with Crippen molar-refractivity contribution in [2.45, 2.75) is 46.0 Å². The highest BCUT2D eigenvalue weighted by atomic mass is 14.5. The molecule has 0 amide bonds. The van der Waals surface area contributed by atoms with E-state index in [1.54, 1.807) is 0 Å². The van der Waals surface area contributed by atoms with Crippen molar-refractivity contribution in [3.8, 4) is 0 Å². The maximum atomic E-state index is 4.07. The van der Waals surface area contributed by atoms with Crippen molar-refractivity contribution in [2.75, 3.05) is 0 Å². The Morgan fingerprint density at radius 2 is 2.15 bits per heavy atom. The van der Waals surface area contributed by atoms with Crippen molar-refractivity contribution in [3.05, 3.63) is 12.7 Å². The Hall–Kier alpha value is -0.260. The molecule has 4 atom stereocenters. The fraction of sp³-hybridized carbons (Fsp3) is 0.846. The molecule has 0 aliphatic heterocycles. The van der Waals surface area contributed by atoms with Gasteiger partial charge in [0, 0.05) is 0 Å². The topological polar surface area (TPSA) is 0 Å². The molecule has 74 valence electrons. The molecule has 2 saturated carbocycles. The maximum Gasteiger partial charge on any atom is -0.00924 e. The monoisotopic (exact) mass is 178 g/mol. The summed E-state index contributed by atoms with van der Waals surface area (Å²) in [6.07, 6.45) is 9.37. The average molecular weight is 178 g/mol. The first-order valence-corrected chi connectivity index (χ1v) is 5.87. The molecule has 0 aromatic heterocycles. The van der Waals surface area contributed by atoms with E-state index in [2.05, 4.69) is 26.5 Å². The second-order valence-electron chi connectivity index (χ2n) is 5.15. The van der Waals surface area contributed by atoms with Gasteiger partial charge in [-0.2, -0.15) is 0 Å². The van der Waals surface area contributed by atoms with Crippen LogP contribution < -0.4 is 0 Å². The van der Waals surface area contributed by atoms with Crippen molar-refractivity contribution in [2.24, 2.45) is 23.2 Å². The van der Waals surface area contributed by atoms with Crippen LogP contribution in [0.1, 0.15) is 46.0 Å². The van der Waals surface area contributed by atoms with E-state index in [4.69, 9.17) is 0 Å². The van der Waals surface area contributed by atoms with E-state index in [1.165, 1.54) is 32.1 Å². The first-order chi connectivity index (χ1) is 6.23. The summed E-state index contributed by atoms with van der Waals surface area (Å²) in [4.78, 5) is 0. The highest BCUT2D eigenvalue weighted by Gasteiger charge is 2.49. The molecule has 0 N–H and O–H groups in total. The third-order valence-electron chi connectivity index (χ3n) is 4.93. The van der Waals surface area contributed by atoms with Crippen LogP contribution in [0.2, 0.25) is 0 Å². The van der Waals surface area contributed by atoms with Crippen LogP contribution in [0.3, 0.4) is 0 Å². The van der Waals surface area contributed by atoms with Crippen LogP contribution in [0.5, 0.6) is 0 Å². The number of hydrogen-bond acceptors (Lipinski definition) is 0. The summed E-state index contributed by atoms with van der Waals surface area (Å²) < 4.78 is 0. The van der Waals surface area contributed by atoms with E-state index in [0.29, 0.717) is 5.41 Å². The molecule has 13 heavy (non-hydrogen) atoms. The van der Waals surface area contributed by atoms with Crippen LogP contribution in [0.15, 0.2) is 12.7 Å². The van der Waals surface area contributed by atoms with E-state index >= 15 is 0 Å². The zero-order valence-corrected chi connectivity index (χ0v) is 9.05. The molecule has 0 spiro atoms. The molecule has 0 aromatic carbocycles. The van der Waals surface area contributed by atoms with Crippen LogP contribution in [-0.2, 0) is 0 Å². The number of hydrogen-bond donors (Lipinski definition) is 0. The molecule has 0 saturated heterocycles. The lowest BCUT2D eigenvalue weighted by molar-refractivity contribution is -0.0355. The number of fused-ring (bicyclic) bond motifs is 1. The van der Waals surface area contributed by atoms with Gasteiger partial charge in [-0.05, 0) is 55.3 Å². The second kappa shape index (κ2) is 3.15. The maximum absolute atomic E-state index is 4.07. The molecule has 0 heterocycles. The smallest absolute Gasteiger partial charge is 0.00924 e. The molecule has 0 bridgehead atoms. The summed E-state index contributed by atoms with van der Waals surface area (Å²) in [7, 11) is 0. The Kier molecular flexibility index (Phi) is 2.25. The fourth-order valence-corrected chi connectivity index (χ4v) is 3.65. The summed E-state index contributed by atoms with van der Waals surface area (Å²) in [5.74, 6) is 3.00. The van der Waals surface area contributed by atoms with E-state index in [1.807, 2.05) is 0 Å². The van der Waals surface area contributed by atoms with Gasteiger partial charge in [-0.15, -0.1) is 6.58 Å². The Balaban J connectivity index is 2.17. The largest absolute Gasteiger partial charge is 0.103 e. The fourth-order valence-electron chi connectivity index (χ4n) is 3.65.